The zero-order chi connectivity index (χ0) is 11.9. The Bertz CT molecular complexity index is 457. The molecule has 0 aliphatic rings. The Balaban J connectivity index is 1.73. The number of hydrogen-bond acceptors (Lipinski definition) is 2. The van der Waals surface area contributed by atoms with E-state index < -0.39 is 0 Å². The molecular formula is C14H15ClN2. The molecule has 2 rings (SSSR count). The lowest BCUT2D eigenvalue weighted by atomic mass is 10.1. The lowest BCUT2D eigenvalue weighted by molar-refractivity contribution is 0.675. The number of nitrogens with one attached hydrogen (secondary N) is 1. The Kier molecular flexibility index (Phi) is 4.54. The smallest absolute Gasteiger partial charge is 0.0556 e. The van der Waals surface area contributed by atoms with E-state index in [1.807, 2.05) is 12.1 Å². The van der Waals surface area contributed by atoms with E-state index >= 15 is 0 Å². The van der Waals surface area contributed by atoms with Crippen LogP contribution in [0.1, 0.15) is 11.3 Å². The molecule has 0 amide bonds. The molecule has 0 spiro atoms. The van der Waals surface area contributed by atoms with Crippen LogP contribution in [0.2, 0.25) is 5.02 Å². The average Bonchev–Trinajstić information content (AvgIpc) is 2.36. The Morgan fingerprint density at radius 3 is 2.71 bits per heavy atom. The molecule has 88 valence electrons. The summed E-state index contributed by atoms with van der Waals surface area (Å²) >= 11 is 5.89. The molecule has 0 saturated heterocycles. The summed E-state index contributed by atoms with van der Waals surface area (Å²) < 4.78 is 0. The molecule has 2 nitrogen and oxygen atoms in total. The van der Waals surface area contributed by atoms with E-state index in [1.54, 1.807) is 12.3 Å². The van der Waals surface area contributed by atoms with Gasteiger partial charge in [0.2, 0.25) is 0 Å². The fraction of sp³-hybridized carbons (Fsp3) is 0.214. The summed E-state index contributed by atoms with van der Waals surface area (Å²) in [6.07, 6.45) is 2.76. The first-order chi connectivity index (χ1) is 8.34. The van der Waals surface area contributed by atoms with Gasteiger partial charge in [0, 0.05) is 17.8 Å². The van der Waals surface area contributed by atoms with Gasteiger partial charge in [-0.15, -0.1) is 0 Å². The monoisotopic (exact) mass is 246 g/mol. The first-order valence-electron chi connectivity index (χ1n) is 5.70. The maximum atomic E-state index is 5.89. The van der Waals surface area contributed by atoms with E-state index in [-0.39, 0.29) is 0 Å². The molecule has 1 heterocycles. The van der Waals surface area contributed by atoms with Crippen molar-refractivity contribution in [2.45, 2.75) is 13.0 Å². The van der Waals surface area contributed by atoms with Crippen molar-refractivity contribution >= 4 is 11.6 Å². The molecule has 1 aromatic carbocycles. The first kappa shape index (κ1) is 12.1. The van der Waals surface area contributed by atoms with Gasteiger partial charge in [0.15, 0.2) is 0 Å². The van der Waals surface area contributed by atoms with Gasteiger partial charge in [-0.1, -0.05) is 41.9 Å². The van der Waals surface area contributed by atoms with Crippen molar-refractivity contribution in [1.82, 2.24) is 10.3 Å². The lowest BCUT2D eigenvalue weighted by Crippen LogP contribution is -2.17. The first-order valence-corrected chi connectivity index (χ1v) is 6.07. The molecule has 0 saturated carbocycles. The fourth-order valence-corrected chi connectivity index (χ4v) is 1.82. The van der Waals surface area contributed by atoms with Crippen LogP contribution in [0.15, 0.2) is 48.7 Å². The molecule has 2 aromatic rings. The number of halogens is 1. The summed E-state index contributed by atoms with van der Waals surface area (Å²) in [7, 11) is 0. The number of aromatic nitrogens is 1. The van der Waals surface area contributed by atoms with Crippen LogP contribution in [0.5, 0.6) is 0 Å². The van der Waals surface area contributed by atoms with Gasteiger partial charge in [0.1, 0.15) is 0 Å². The maximum absolute atomic E-state index is 5.89. The second-order valence-corrected chi connectivity index (χ2v) is 4.31. The minimum atomic E-state index is 0.736. The minimum Gasteiger partial charge on any atom is -0.311 e. The van der Waals surface area contributed by atoms with Crippen LogP contribution in [0, 0.1) is 0 Å². The molecule has 1 N–H and O–H groups in total. The number of rotatable bonds is 5. The van der Waals surface area contributed by atoms with E-state index in [1.165, 1.54) is 5.56 Å². The van der Waals surface area contributed by atoms with Crippen LogP contribution >= 0.6 is 11.6 Å². The van der Waals surface area contributed by atoms with Crippen LogP contribution in [0.3, 0.4) is 0 Å². The molecule has 0 atom stereocenters. The Morgan fingerprint density at radius 1 is 1.12 bits per heavy atom. The minimum absolute atomic E-state index is 0.736. The molecule has 0 bridgehead atoms. The summed E-state index contributed by atoms with van der Waals surface area (Å²) in [6.45, 7) is 1.70. The highest BCUT2D eigenvalue weighted by molar-refractivity contribution is 6.30. The SMILES string of the molecule is Clc1ccnc(CNCCc2ccccc2)c1. The molecule has 3 heteroatoms. The van der Waals surface area contributed by atoms with Crippen molar-refractivity contribution in [1.29, 1.82) is 0 Å². The van der Waals surface area contributed by atoms with Crippen molar-refractivity contribution in [3.05, 3.63) is 64.9 Å². The molecule has 0 fully saturated rings. The van der Waals surface area contributed by atoms with E-state index in [0.717, 1.165) is 30.2 Å². The van der Waals surface area contributed by atoms with Crippen molar-refractivity contribution < 1.29 is 0 Å². The van der Waals surface area contributed by atoms with Gasteiger partial charge in [-0.3, -0.25) is 4.98 Å². The Labute approximate surface area is 107 Å². The average molecular weight is 247 g/mol. The fourth-order valence-electron chi connectivity index (χ4n) is 1.64. The normalized spacial score (nSPS) is 10.4. The third-order valence-corrected chi connectivity index (χ3v) is 2.75. The van der Waals surface area contributed by atoms with Crippen LogP contribution in [-0.2, 0) is 13.0 Å². The molecular weight excluding hydrogens is 232 g/mol. The summed E-state index contributed by atoms with van der Waals surface area (Å²) in [5.41, 5.74) is 2.32. The van der Waals surface area contributed by atoms with Gasteiger partial charge in [0.25, 0.3) is 0 Å². The lowest BCUT2D eigenvalue weighted by Gasteiger charge is -2.04. The van der Waals surface area contributed by atoms with Gasteiger partial charge in [-0.05, 0) is 30.7 Å². The molecule has 17 heavy (non-hydrogen) atoms. The molecule has 1 aromatic heterocycles. The van der Waals surface area contributed by atoms with Gasteiger partial charge in [-0.25, -0.2) is 0 Å². The highest BCUT2D eigenvalue weighted by Gasteiger charge is 1.96. The summed E-state index contributed by atoms with van der Waals surface area (Å²) in [4.78, 5) is 4.24. The predicted molar refractivity (Wildman–Crippen MR) is 71.1 cm³/mol. The predicted octanol–water partition coefficient (Wildman–Crippen LogP) is 3.07. The molecule has 0 radical (unpaired) electrons. The van der Waals surface area contributed by atoms with Gasteiger partial charge < -0.3 is 5.32 Å². The van der Waals surface area contributed by atoms with E-state index in [4.69, 9.17) is 11.6 Å². The van der Waals surface area contributed by atoms with Crippen LogP contribution in [0.25, 0.3) is 0 Å². The van der Waals surface area contributed by atoms with Crippen LogP contribution in [0.4, 0.5) is 0 Å². The largest absolute Gasteiger partial charge is 0.311 e. The second-order valence-electron chi connectivity index (χ2n) is 3.88. The number of nitrogens with zero attached hydrogens (tertiary/aromatic N) is 1. The quantitative estimate of drug-likeness (QED) is 0.821. The number of pyridine rings is 1. The number of benzene rings is 1. The van der Waals surface area contributed by atoms with Crippen molar-refractivity contribution in [3.8, 4) is 0 Å². The van der Waals surface area contributed by atoms with Gasteiger partial charge in [-0.2, -0.15) is 0 Å². The van der Waals surface area contributed by atoms with Crippen LogP contribution in [-0.4, -0.2) is 11.5 Å². The zero-order valence-electron chi connectivity index (χ0n) is 9.57. The second kappa shape index (κ2) is 6.38. The van der Waals surface area contributed by atoms with Crippen LogP contribution < -0.4 is 5.32 Å². The zero-order valence-corrected chi connectivity index (χ0v) is 10.3. The summed E-state index contributed by atoms with van der Waals surface area (Å²) in [5, 5.41) is 4.09. The van der Waals surface area contributed by atoms with E-state index in [0.29, 0.717) is 0 Å². The van der Waals surface area contributed by atoms with E-state index in [2.05, 4.69) is 34.6 Å². The Hall–Kier alpha value is -1.38. The van der Waals surface area contributed by atoms with Crippen molar-refractivity contribution in [2.75, 3.05) is 6.54 Å². The maximum Gasteiger partial charge on any atom is 0.0556 e. The third-order valence-electron chi connectivity index (χ3n) is 2.52. The standard InChI is InChI=1S/C14H15ClN2/c15-13-7-9-17-14(10-13)11-16-8-6-12-4-2-1-3-5-12/h1-5,7,9-10,16H,6,8,11H2. The highest BCUT2D eigenvalue weighted by atomic mass is 35.5. The summed E-state index contributed by atoms with van der Waals surface area (Å²) in [5.74, 6) is 0. The van der Waals surface area contributed by atoms with Crippen molar-refractivity contribution in [2.24, 2.45) is 0 Å². The highest BCUT2D eigenvalue weighted by Crippen LogP contribution is 2.07. The van der Waals surface area contributed by atoms with Crippen molar-refractivity contribution in [3.63, 3.8) is 0 Å². The van der Waals surface area contributed by atoms with Gasteiger partial charge in [0.05, 0.1) is 5.69 Å². The third kappa shape index (κ3) is 4.17. The Morgan fingerprint density at radius 2 is 1.94 bits per heavy atom. The summed E-state index contributed by atoms with van der Waals surface area (Å²) in [6, 6.07) is 14.1. The van der Waals surface area contributed by atoms with Gasteiger partial charge >= 0.3 is 0 Å². The topological polar surface area (TPSA) is 24.9 Å². The number of hydrogen-bond donors (Lipinski definition) is 1. The van der Waals surface area contributed by atoms with E-state index in [9.17, 15) is 0 Å². The molecule has 0 aliphatic heterocycles. The molecule has 0 unspecified atom stereocenters. The molecule has 0 aliphatic carbocycles.